The molecule has 0 saturated carbocycles. The number of aryl methyl sites for hydroxylation is 4. The maximum absolute atomic E-state index is 12.7. The fourth-order valence-electron chi connectivity index (χ4n) is 3.69. The number of rotatable bonds is 3. The second-order valence-electron chi connectivity index (χ2n) is 6.98. The van der Waals surface area contributed by atoms with Gasteiger partial charge in [0.25, 0.3) is 5.56 Å². The Kier molecular flexibility index (Phi) is 4.22. The van der Waals surface area contributed by atoms with E-state index in [0.717, 1.165) is 16.7 Å². The Morgan fingerprint density at radius 1 is 1.07 bits per heavy atom. The van der Waals surface area contributed by atoms with Crippen molar-refractivity contribution in [1.82, 2.24) is 19.2 Å². The lowest BCUT2D eigenvalue weighted by atomic mass is 10.00. The highest BCUT2D eigenvalue weighted by Gasteiger charge is 2.18. The summed E-state index contributed by atoms with van der Waals surface area (Å²) in [6, 6.07) is 11.1. The topological polar surface area (TPSA) is 78.5 Å². The minimum Gasteiger partial charge on any atom is -0.454 e. The first kappa shape index (κ1) is 17.9. The van der Waals surface area contributed by atoms with Crippen LogP contribution in [0.2, 0.25) is 0 Å². The summed E-state index contributed by atoms with van der Waals surface area (Å²) in [6.07, 6.45) is 0. The first-order chi connectivity index (χ1) is 13.4. The van der Waals surface area contributed by atoms with E-state index >= 15 is 0 Å². The molecular weight excluding hydrogens is 356 g/mol. The smallest absolute Gasteiger partial charge is 0.339 e. The third kappa shape index (κ3) is 2.76. The summed E-state index contributed by atoms with van der Waals surface area (Å²) in [5.74, 6) is 0.455. The van der Waals surface area contributed by atoms with E-state index in [1.54, 1.807) is 17.5 Å². The highest BCUT2D eigenvalue weighted by atomic mass is 16.5. The number of ether oxygens (including phenoxy) is 1. The van der Waals surface area contributed by atoms with Gasteiger partial charge in [0, 0.05) is 7.05 Å². The van der Waals surface area contributed by atoms with Crippen molar-refractivity contribution in [3.8, 4) is 0 Å². The van der Waals surface area contributed by atoms with Crippen molar-refractivity contribution in [2.75, 3.05) is 0 Å². The molecule has 0 spiro atoms. The molecule has 0 saturated heterocycles. The molecule has 4 rings (SSSR count). The molecule has 0 fully saturated rings. The van der Waals surface area contributed by atoms with E-state index in [0.29, 0.717) is 28.1 Å². The highest BCUT2D eigenvalue weighted by molar-refractivity contribution is 5.92. The predicted molar refractivity (Wildman–Crippen MR) is 106 cm³/mol. The van der Waals surface area contributed by atoms with Crippen molar-refractivity contribution in [2.45, 2.75) is 27.4 Å². The number of carbonyl (C=O) groups excluding carboxylic acids is 1. The molecule has 0 aliphatic carbocycles. The van der Waals surface area contributed by atoms with E-state index in [1.165, 1.54) is 4.57 Å². The van der Waals surface area contributed by atoms with E-state index < -0.39 is 5.97 Å². The van der Waals surface area contributed by atoms with Gasteiger partial charge in [-0.2, -0.15) is 0 Å². The molecule has 0 unspecified atom stereocenters. The summed E-state index contributed by atoms with van der Waals surface area (Å²) < 4.78 is 8.74. The Bertz CT molecular complexity index is 1280. The summed E-state index contributed by atoms with van der Waals surface area (Å²) >= 11 is 0. The molecule has 0 aliphatic heterocycles. The van der Waals surface area contributed by atoms with Crippen LogP contribution >= 0.6 is 0 Å². The number of hydrogen-bond acceptors (Lipinski definition) is 5. The van der Waals surface area contributed by atoms with Gasteiger partial charge in [0.05, 0.1) is 16.5 Å². The molecule has 2 heterocycles. The van der Waals surface area contributed by atoms with Gasteiger partial charge in [-0.05, 0) is 44.0 Å². The number of benzene rings is 2. The summed E-state index contributed by atoms with van der Waals surface area (Å²) in [6.45, 7) is 5.74. The number of fused-ring (bicyclic) bond motifs is 3. The predicted octanol–water partition coefficient (Wildman–Crippen LogP) is 2.86. The number of para-hydroxylation sites is 1. The lowest BCUT2D eigenvalue weighted by molar-refractivity contribution is 0.0459. The van der Waals surface area contributed by atoms with Crippen LogP contribution in [0.4, 0.5) is 0 Å². The average molecular weight is 376 g/mol. The van der Waals surface area contributed by atoms with E-state index in [4.69, 9.17) is 4.74 Å². The van der Waals surface area contributed by atoms with Crippen molar-refractivity contribution in [1.29, 1.82) is 0 Å². The largest absolute Gasteiger partial charge is 0.454 e. The maximum atomic E-state index is 12.7. The molecule has 28 heavy (non-hydrogen) atoms. The Balaban J connectivity index is 1.74. The van der Waals surface area contributed by atoms with Crippen molar-refractivity contribution >= 4 is 22.6 Å². The standard InChI is InChI=1S/C21H20N4O3/c1-12-9-13(2)18(14(3)10-12)20(27)28-11-17-22-23-21-24(4)19(26)15-7-5-6-8-16(15)25(17)21/h5-10H,11H2,1-4H3. The Labute approximate surface area is 161 Å². The molecule has 2 aromatic heterocycles. The molecule has 7 heteroatoms. The van der Waals surface area contributed by atoms with Gasteiger partial charge in [-0.25, -0.2) is 4.79 Å². The van der Waals surface area contributed by atoms with Gasteiger partial charge >= 0.3 is 5.97 Å². The van der Waals surface area contributed by atoms with Gasteiger partial charge in [-0.15, -0.1) is 10.2 Å². The molecule has 0 N–H and O–H groups in total. The Morgan fingerprint density at radius 2 is 1.75 bits per heavy atom. The van der Waals surface area contributed by atoms with Crippen molar-refractivity contribution < 1.29 is 9.53 Å². The van der Waals surface area contributed by atoms with Gasteiger partial charge in [-0.3, -0.25) is 13.8 Å². The number of aromatic nitrogens is 4. The minimum absolute atomic E-state index is 0.0467. The fourth-order valence-corrected chi connectivity index (χ4v) is 3.69. The SMILES string of the molecule is Cc1cc(C)c(C(=O)OCc2nnc3n(C)c(=O)c4ccccc4n23)c(C)c1. The van der Waals surface area contributed by atoms with Crippen LogP contribution in [0.1, 0.15) is 32.9 Å². The van der Waals surface area contributed by atoms with E-state index in [1.807, 2.05) is 51.1 Å². The van der Waals surface area contributed by atoms with Crippen LogP contribution in [0, 0.1) is 20.8 Å². The van der Waals surface area contributed by atoms with Gasteiger partial charge in [0.15, 0.2) is 12.4 Å². The lowest BCUT2D eigenvalue weighted by Crippen LogP contribution is -2.20. The number of carbonyl (C=O) groups is 1. The van der Waals surface area contributed by atoms with Crippen molar-refractivity contribution in [2.24, 2.45) is 7.05 Å². The number of hydrogen-bond donors (Lipinski definition) is 0. The van der Waals surface area contributed by atoms with Crippen LogP contribution < -0.4 is 5.56 Å². The summed E-state index contributed by atoms with van der Waals surface area (Å²) in [4.78, 5) is 25.2. The Hall–Kier alpha value is -3.48. The molecule has 4 aromatic rings. The number of esters is 1. The third-order valence-electron chi connectivity index (χ3n) is 4.91. The quantitative estimate of drug-likeness (QED) is 0.514. The molecule has 0 radical (unpaired) electrons. The van der Waals surface area contributed by atoms with E-state index in [9.17, 15) is 9.59 Å². The molecule has 7 nitrogen and oxygen atoms in total. The molecule has 2 aromatic carbocycles. The van der Waals surface area contributed by atoms with Gasteiger partial charge in [0.1, 0.15) is 0 Å². The van der Waals surface area contributed by atoms with Crippen LogP contribution in [0.25, 0.3) is 16.7 Å². The second-order valence-corrected chi connectivity index (χ2v) is 6.98. The third-order valence-corrected chi connectivity index (χ3v) is 4.91. The Morgan fingerprint density at radius 3 is 2.46 bits per heavy atom. The van der Waals surface area contributed by atoms with Crippen LogP contribution in [0.3, 0.4) is 0 Å². The van der Waals surface area contributed by atoms with Crippen molar-refractivity contribution in [3.05, 3.63) is 74.8 Å². The average Bonchev–Trinajstić information content (AvgIpc) is 3.08. The molecule has 0 bridgehead atoms. The van der Waals surface area contributed by atoms with Crippen molar-refractivity contribution in [3.63, 3.8) is 0 Å². The summed E-state index contributed by atoms with van der Waals surface area (Å²) in [5.41, 5.74) is 3.95. The summed E-state index contributed by atoms with van der Waals surface area (Å²) in [7, 11) is 1.65. The molecule has 0 amide bonds. The van der Waals surface area contributed by atoms with Crippen LogP contribution in [0.5, 0.6) is 0 Å². The zero-order chi connectivity index (χ0) is 20.0. The summed E-state index contributed by atoms with van der Waals surface area (Å²) in [5, 5.41) is 8.81. The maximum Gasteiger partial charge on any atom is 0.339 e. The van der Waals surface area contributed by atoms with Crippen LogP contribution in [0.15, 0.2) is 41.2 Å². The van der Waals surface area contributed by atoms with Gasteiger partial charge in [0.2, 0.25) is 5.78 Å². The second kappa shape index (κ2) is 6.60. The van der Waals surface area contributed by atoms with E-state index in [2.05, 4.69) is 10.2 Å². The number of nitrogens with zero attached hydrogens (tertiary/aromatic N) is 4. The van der Waals surface area contributed by atoms with Gasteiger partial charge < -0.3 is 4.74 Å². The normalized spacial score (nSPS) is 11.3. The molecule has 142 valence electrons. The molecular formula is C21H20N4O3. The van der Waals surface area contributed by atoms with E-state index in [-0.39, 0.29) is 12.2 Å². The molecule has 0 aliphatic rings. The lowest BCUT2D eigenvalue weighted by Gasteiger charge is -2.11. The zero-order valence-electron chi connectivity index (χ0n) is 16.2. The van der Waals surface area contributed by atoms with Crippen LogP contribution in [-0.2, 0) is 18.4 Å². The zero-order valence-corrected chi connectivity index (χ0v) is 16.2. The first-order valence-electron chi connectivity index (χ1n) is 8.95. The van der Waals surface area contributed by atoms with Crippen LogP contribution in [-0.4, -0.2) is 25.1 Å². The monoisotopic (exact) mass is 376 g/mol. The highest BCUT2D eigenvalue weighted by Crippen LogP contribution is 2.19. The molecule has 0 atom stereocenters. The first-order valence-corrected chi connectivity index (χ1v) is 8.95. The minimum atomic E-state index is -0.402. The van der Waals surface area contributed by atoms with Gasteiger partial charge in [-0.1, -0.05) is 29.8 Å². The fraction of sp³-hybridized carbons (Fsp3) is 0.238.